The smallest absolute Gasteiger partial charge is 0.241 e. The average Bonchev–Trinajstić information content (AvgIpc) is 2.68. The van der Waals surface area contributed by atoms with E-state index in [-0.39, 0.29) is 5.69 Å². The van der Waals surface area contributed by atoms with Gasteiger partial charge in [-0.1, -0.05) is 18.2 Å². The molecule has 1 fully saturated rings. The monoisotopic (exact) mass is 363 g/mol. The quantitative estimate of drug-likeness (QED) is 0.847. The number of halogens is 3. The molecule has 0 aliphatic carbocycles. The van der Waals surface area contributed by atoms with Crippen molar-refractivity contribution in [1.82, 2.24) is 4.90 Å². The normalized spacial score (nSPS) is 16.4. The summed E-state index contributed by atoms with van der Waals surface area (Å²) in [5.41, 5.74) is 0.775. The second kappa shape index (κ2) is 7.78. The van der Waals surface area contributed by atoms with Crippen LogP contribution in [0.1, 0.15) is 6.92 Å². The first-order valence-corrected chi connectivity index (χ1v) is 8.46. The van der Waals surface area contributed by atoms with E-state index in [1.807, 2.05) is 35.2 Å². The minimum absolute atomic E-state index is 0.358. The van der Waals surface area contributed by atoms with Crippen molar-refractivity contribution in [3.8, 4) is 0 Å². The van der Waals surface area contributed by atoms with E-state index in [2.05, 4.69) is 10.2 Å². The number of amides is 1. The number of hydrogen-bond donors (Lipinski definition) is 1. The summed E-state index contributed by atoms with van der Waals surface area (Å²) in [6.07, 6.45) is 0. The Morgan fingerprint density at radius 1 is 0.962 bits per heavy atom. The fraction of sp³-hybridized carbons (Fsp3) is 0.316. The van der Waals surface area contributed by atoms with E-state index in [0.29, 0.717) is 13.1 Å². The molecule has 1 saturated heterocycles. The van der Waals surface area contributed by atoms with Gasteiger partial charge in [-0.25, -0.2) is 13.2 Å². The molecule has 0 bridgehead atoms. The first kappa shape index (κ1) is 18.3. The highest BCUT2D eigenvalue weighted by Crippen LogP contribution is 2.21. The minimum Gasteiger partial charge on any atom is -0.369 e. The van der Waals surface area contributed by atoms with Crippen LogP contribution in [0.5, 0.6) is 0 Å². The molecule has 26 heavy (non-hydrogen) atoms. The molecule has 4 nitrogen and oxygen atoms in total. The fourth-order valence-corrected chi connectivity index (χ4v) is 3.03. The number of nitrogens with zero attached hydrogens (tertiary/aromatic N) is 2. The van der Waals surface area contributed by atoms with Crippen LogP contribution in [0, 0.1) is 17.5 Å². The molecular weight excluding hydrogens is 343 g/mol. The van der Waals surface area contributed by atoms with Gasteiger partial charge in [0.05, 0.1) is 11.7 Å². The number of rotatable bonds is 4. The lowest BCUT2D eigenvalue weighted by atomic mass is 10.2. The van der Waals surface area contributed by atoms with Gasteiger partial charge in [-0.15, -0.1) is 0 Å². The maximum absolute atomic E-state index is 13.7. The Bertz CT molecular complexity index is 777. The summed E-state index contributed by atoms with van der Waals surface area (Å²) in [5, 5.41) is 2.34. The van der Waals surface area contributed by atoms with E-state index in [0.717, 1.165) is 30.9 Å². The molecule has 0 unspecified atom stereocenters. The van der Waals surface area contributed by atoms with Crippen molar-refractivity contribution in [1.29, 1.82) is 0 Å². The third-order valence-corrected chi connectivity index (χ3v) is 4.66. The topological polar surface area (TPSA) is 35.6 Å². The molecule has 2 aromatic carbocycles. The lowest BCUT2D eigenvalue weighted by molar-refractivity contribution is -0.120. The Morgan fingerprint density at radius 3 is 2.27 bits per heavy atom. The third-order valence-electron chi connectivity index (χ3n) is 4.66. The summed E-state index contributed by atoms with van der Waals surface area (Å²) in [4.78, 5) is 16.6. The Labute approximate surface area is 150 Å². The van der Waals surface area contributed by atoms with Crippen molar-refractivity contribution in [3.63, 3.8) is 0 Å². The highest BCUT2D eigenvalue weighted by Gasteiger charge is 2.26. The molecule has 1 atom stereocenters. The van der Waals surface area contributed by atoms with Gasteiger partial charge < -0.3 is 10.2 Å². The Morgan fingerprint density at radius 2 is 1.62 bits per heavy atom. The van der Waals surface area contributed by atoms with E-state index < -0.39 is 29.4 Å². The van der Waals surface area contributed by atoms with Crippen LogP contribution in [0.2, 0.25) is 0 Å². The third kappa shape index (κ3) is 3.83. The van der Waals surface area contributed by atoms with Crippen LogP contribution < -0.4 is 10.2 Å². The molecule has 138 valence electrons. The van der Waals surface area contributed by atoms with Crippen molar-refractivity contribution in [2.75, 3.05) is 36.4 Å². The summed E-state index contributed by atoms with van der Waals surface area (Å²) >= 11 is 0. The Kier molecular flexibility index (Phi) is 5.46. The number of hydrogen-bond acceptors (Lipinski definition) is 3. The number of nitrogens with one attached hydrogen (secondary N) is 1. The first-order chi connectivity index (χ1) is 12.5. The van der Waals surface area contributed by atoms with Gasteiger partial charge in [0.2, 0.25) is 5.91 Å². The minimum atomic E-state index is -1.59. The summed E-state index contributed by atoms with van der Waals surface area (Å²) in [5.74, 6) is -4.72. The van der Waals surface area contributed by atoms with Gasteiger partial charge in [-0.2, -0.15) is 0 Å². The molecule has 1 aliphatic heterocycles. The van der Waals surface area contributed by atoms with Crippen molar-refractivity contribution in [3.05, 3.63) is 59.9 Å². The van der Waals surface area contributed by atoms with Gasteiger partial charge in [-0.3, -0.25) is 9.69 Å². The van der Waals surface area contributed by atoms with E-state index in [1.165, 1.54) is 0 Å². The lowest BCUT2D eigenvalue weighted by Crippen LogP contribution is -2.52. The van der Waals surface area contributed by atoms with Crippen LogP contribution in [-0.4, -0.2) is 43.0 Å². The molecule has 1 amide bonds. The number of benzene rings is 2. The molecule has 7 heteroatoms. The van der Waals surface area contributed by atoms with Crippen LogP contribution >= 0.6 is 0 Å². The molecule has 0 aromatic heterocycles. The Balaban J connectivity index is 1.59. The summed E-state index contributed by atoms with van der Waals surface area (Å²) in [6.45, 7) is 4.58. The zero-order valence-electron chi connectivity index (χ0n) is 14.4. The van der Waals surface area contributed by atoms with Crippen molar-refractivity contribution < 1.29 is 18.0 Å². The van der Waals surface area contributed by atoms with Crippen molar-refractivity contribution >= 4 is 17.3 Å². The number of anilines is 2. The van der Waals surface area contributed by atoms with Gasteiger partial charge in [0.15, 0.2) is 17.5 Å². The molecular formula is C19H20F3N3O. The summed E-state index contributed by atoms with van der Waals surface area (Å²) in [6, 6.07) is 11.3. The van der Waals surface area contributed by atoms with Crippen LogP contribution in [0.25, 0.3) is 0 Å². The van der Waals surface area contributed by atoms with E-state index in [4.69, 9.17) is 0 Å². The molecule has 1 heterocycles. The van der Waals surface area contributed by atoms with Gasteiger partial charge in [0.25, 0.3) is 0 Å². The molecule has 1 aliphatic rings. The predicted molar refractivity (Wildman–Crippen MR) is 94.6 cm³/mol. The van der Waals surface area contributed by atoms with Crippen molar-refractivity contribution in [2.24, 2.45) is 0 Å². The highest BCUT2D eigenvalue weighted by molar-refractivity contribution is 5.94. The molecule has 2 aromatic rings. The molecule has 0 radical (unpaired) electrons. The second-order valence-corrected chi connectivity index (χ2v) is 6.25. The zero-order chi connectivity index (χ0) is 18.7. The van der Waals surface area contributed by atoms with Gasteiger partial charge in [0.1, 0.15) is 0 Å². The highest BCUT2D eigenvalue weighted by atomic mass is 19.2. The van der Waals surface area contributed by atoms with E-state index >= 15 is 0 Å². The van der Waals surface area contributed by atoms with E-state index in [9.17, 15) is 18.0 Å². The maximum Gasteiger partial charge on any atom is 0.241 e. The van der Waals surface area contributed by atoms with Crippen LogP contribution in [0.15, 0.2) is 42.5 Å². The molecule has 3 rings (SSSR count). The molecule has 0 spiro atoms. The Hall–Kier alpha value is -2.54. The molecule has 1 N–H and O–H groups in total. The number of carbonyl (C=O) groups is 1. The van der Waals surface area contributed by atoms with Gasteiger partial charge >= 0.3 is 0 Å². The standard InChI is InChI=1S/C19H20F3N3O/c1-13(19(26)23-16-8-7-15(20)17(21)18(16)22)24-9-11-25(12-10-24)14-5-3-2-4-6-14/h2-8,13H,9-12H2,1H3,(H,23,26)/t13-/m1/s1. The molecule has 0 saturated carbocycles. The van der Waals surface area contributed by atoms with Crippen LogP contribution in [-0.2, 0) is 4.79 Å². The number of piperazine rings is 1. The second-order valence-electron chi connectivity index (χ2n) is 6.25. The number of carbonyl (C=O) groups excluding carboxylic acids is 1. The van der Waals surface area contributed by atoms with Gasteiger partial charge in [-0.05, 0) is 31.2 Å². The first-order valence-electron chi connectivity index (χ1n) is 8.46. The van der Waals surface area contributed by atoms with Crippen molar-refractivity contribution in [2.45, 2.75) is 13.0 Å². The maximum atomic E-state index is 13.7. The van der Waals surface area contributed by atoms with E-state index in [1.54, 1.807) is 6.92 Å². The largest absolute Gasteiger partial charge is 0.369 e. The average molecular weight is 363 g/mol. The fourth-order valence-electron chi connectivity index (χ4n) is 3.03. The summed E-state index contributed by atoms with van der Waals surface area (Å²) in [7, 11) is 0. The SMILES string of the molecule is C[C@H](C(=O)Nc1ccc(F)c(F)c1F)N1CCN(c2ccccc2)CC1. The predicted octanol–water partition coefficient (Wildman–Crippen LogP) is 3.25. The number of para-hydroxylation sites is 1. The lowest BCUT2D eigenvalue weighted by Gasteiger charge is -2.38. The zero-order valence-corrected chi connectivity index (χ0v) is 14.4. The van der Waals surface area contributed by atoms with Crippen LogP contribution in [0.3, 0.4) is 0 Å². The van der Waals surface area contributed by atoms with Gasteiger partial charge in [0, 0.05) is 31.9 Å². The summed E-state index contributed by atoms with van der Waals surface area (Å²) < 4.78 is 40.0. The van der Waals surface area contributed by atoms with Crippen LogP contribution in [0.4, 0.5) is 24.5 Å².